The van der Waals surface area contributed by atoms with Gasteiger partial charge in [0.25, 0.3) is 0 Å². The molecule has 0 atom stereocenters. The van der Waals surface area contributed by atoms with Crippen LogP contribution in [-0.2, 0) is 11.2 Å². The summed E-state index contributed by atoms with van der Waals surface area (Å²) in [7, 11) is 0. The number of aliphatic carboxylic acids is 1. The maximum Gasteiger partial charge on any atom is 1.00 e. The molecule has 0 bridgehead atoms. The molecule has 2 aromatic rings. The Morgan fingerprint density at radius 2 is 1.89 bits per heavy atom. The smallest absolute Gasteiger partial charge is 0.550 e. The molecule has 0 amide bonds. The second kappa shape index (κ2) is 9.49. The summed E-state index contributed by atoms with van der Waals surface area (Å²) in [5, 5.41) is 11.1. The SMILES string of the molecule is CC(C)(Cc1ccc(OCCN2CCOc3ccccc32)cc1)C(=O)[O-].[Na+]. The number of carbonyl (C=O) groups excluding carboxylic acids is 1. The van der Waals surface area contributed by atoms with Crippen molar-refractivity contribution in [2.24, 2.45) is 5.41 Å². The van der Waals surface area contributed by atoms with E-state index in [1.807, 2.05) is 42.5 Å². The van der Waals surface area contributed by atoms with Crippen molar-refractivity contribution in [3.63, 3.8) is 0 Å². The molecule has 0 N–H and O–H groups in total. The first kappa shape index (κ1) is 21.6. The molecule has 0 saturated heterocycles. The van der Waals surface area contributed by atoms with Crippen LogP contribution in [0.3, 0.4) is 0 Å². The fourth-order valence-corrected chi connectivity index (χ4v) is 3.02. The number of carboxylic acids is 1. The molecule has 0 spiro atoms. The molecule has 3 rings (SSSR count). The van der Waals surface area contributed by atoms with E-state index in [0.717, 1.165) is 35.8 Å². The third-order valence-electron chi connectivity index (χ3n) is 4.58. The van der Waals surface area contributed by atoms with Crippen molar-refractivity contribution in [2.45, 2.75) is 20.3 Å². The molecule has 0 aromatic heterocycles. The third kappa shape index (κ3) is 5.64. The number of benzene rings is 2. The average Bonchev–Trinajstić information content (AvgIpc) is 2.63. The van der Waals surface area contributed by atoms with Gasteiger partial charge in [0.1, 0.15) is 24.7 Å². The topological polar surface area (TPSA) is 61.8 Å². The van der Waals surface area contributed by atoms with E-state index in [-0.39, 0.29) is 29.6 Å². The Bertz CT molecular complexity index is 761. The summed E-state index contributed by atoms with van der Waals surface area (Å²) >= 11 is 0. The molecule has 5 nitrogen and oxygen atoms in total. The van der Waals surface area contributed by atoms with Crippen LogP contribution in [0.15, 0.2) is 48.5 Å². The summed E-state index contributed by atoms with van der Waals surface area (Å²) in [4.78, 5) is 13.4. The Hall–Kier alpha value is -1.69. The van der Waals surface area contributed by atoms with Crippen LogP contribution in [0, 0.1) is 5.41 Å². The van der Waals surface area contributed by atoms with E-state index in [9.17, 15) is 9.90 Å². The summed E-state index contributed by atoms with van der Waals surface area (Å²) in [6, 6.07) is 15.6. The van der Waals surface area contributed by atoms with E-state index in [1.165, 1.54) is 0 Å². The number of para-hydroxylation sites is 2. The maximum absolute atomic E-state index is 11.1. The Labute approximate surface area is 182 Å². The number of carboxylic acid groups (broad SMARTS) is 1. The van der Waals surface area contributed by atoms with Crippen molar-refractivity contribution in [1.82, 2.24) is 0 Å². The van der Waals surface area contributed by atoms with E-state index < -0.39 is 11.4 Å². The summed E-state index contributed by atoms with van der Waals surface area (Å²) in [5.41, 5.74) is 1.17. The molecule has 0 fully saturated rings. The van der Waals surface area contributed by atoms with Crippen molar-refractivity contribution >= 4 is 11.7 Å². The molecule has 138 valence electrons. The zero-order chi connectivity index (χ0) is 18.6. The fraction of sp³-hybridized carbons (Fsp3) is 0.381. The number of hydrogen-bond acceptors (Lipinski definition) is 5. The number of hydrogen-bond donors (Lipinski definition) is 0. The first-order chi connectivity index (χ1) is 12.5. The monoisotopic (exact) mass is 377 g/mol. The Morgan fingerprint density at radius 3 is 2.59 bits per heavy atom. The quantitative estimate of drug-likeness (QED) is 0.597. The van der Waals surface area contributed by atoms with Crippen molar-refractivity contribution in [2.75, 3.05) is 31.2 Å². The van der Waals surface area contributed by atoms with Gasteiger partial charge in [0.2, 0.25) is 0 Å². The van der Waals surface area contributed by atoms with E-state index >= 15 is 0 Å². The fourth-order valence-electron chi connectivity index (χ4n) is 3.02. The number of nitrogens with zero attached hydrogens (tertiary/aromatic N) is 1. The summed E-state index contributed by atoms with van der Waals surface area (Å²) < 4.78 is 11.5. The van der Waals surface area contributed by atoms with Crippen LogP contribution >= 0.6 is 0 Å². The maximum atomic E-state index is 11.1. The van der Waals surface area contributed by atoms with Gasteiger partial charge in [0.15, 0.2) is 0 Å². The number of ether oxygens (including phenoxy) is 2. The number of carbonyl (C=O) groups is 1. The zero-order valence-electron chi connectivity index (χ0n) is 16.2. The first-order valence-electron chi connectivity index (χ1n) is 8.86. The number of fused-ring (bicyclic) bond motifs is 1. The molecule has 0 unspecified atom stereocenters. The minimum absolute atomic E-state index is 0. The molecule has 27 heavy (non-hydrogen) atoms. The Balaban J connectivity index is 0.00000261. The zero-order valence-corrected chi connectivity index (χ0v) is 18.2. The molecule has 0 saturated carbocycles. The van der Waals surface area contributed by atoms with Crippen LogP contribution in [-0.4, -0.2) is 32.3 Å². The normalized spacial score (nSPS) is 13.2. The van der Waals surface area contributed by atoms with Gasteiger partial charge in [0.05, 0.1) is 18.8 Å². The number of rotatable bonds is 7. The van der Waals surface area contributed by atoms with Crippen LogP contribution in [0.4, 0.5) is 5.69 Å². The van der Waals surface area contributed by atoms with Gasteiger partial charge >= 0.3 is 29.6 Å². The minimum atomic E-state index is -1.04. The van der Waals surface area contributed by atoms with E-state index in [2.05, 4.69) is 11.0 Å². The Morgan fingerprint density at radius 1 is 1.19 bits per heavy atom. The van der Waals surface area contributed by atoms with E-state index in [0.29, 0.717) is 19.6 Å². The third-order valence-corrected chi connectivity index (χ3v) is 4.58. The van der Waals surface area contributed by atoms with Gasteiger partial charge in [-0.1, -0.05) is 38.1 Å². The van der Waals surface area contributed by atoms with E-state index in [1.54, 1.807) is 13.8 Å². The van der Waals surface area contributed by atoms with Gasteiger partial charge in [-0.15, -0.1) is 0 Å². The summed E-state index contributed by atoms with van der Waals surface area (Å²) in [5.74, 6) is 0.656. The van der Waals surface area contributed by atoms with Gasteiger partial charge < -0.3 is 24.3 Å². The summed E-state index contributed by atoms with van der Waals surface area (Å²) in [6.45, 7) is 6.22. The van der Waals surface area contributed by atoms with Gasteiger partial charge in [0, 0.05) is 11.4 Å². The molecule has 6 heteroatoms. The molecule has 0 radical (unpaired) electrons. The summed E-state index contributed by atoms with van der Waals surface area (Å²) in [6.07, 6.45) is 0.431. The number of anilines is 1. The van der Waals surface area contributed by atoms with Crippen LogP contribution in [0.1, 0.15) is 19.4 Å². The molecular weight excluding hydrogens is 353 g/mol. The standard InChI is InChI=1S/C21H25NO4.Na/c1-21(2,20(23)24)15-16-7-9-17(10-8-16)25-13-11-22-12-14-26-19-6-4-3-5-18(19)22;/h3-10H,11-15H2,1-2H3,(H,23,24);/q;+1/p-1. The van der Waals surface area contributed by atoms with Crippen molar-refractivity contribution in [1.29, 1.82) is 0 Å². The predicted octanol–water partition coefficient (Wildman–Crippen LogP) is -0.713. The van der Waals surface area contributed by atoms with Gasteiger partial charge in [-0.05, 0) is 36.2 Å². The molecule has 1 aliphatic heterocycles. The minimum Gasteiger partial charge on any atom is -0.550 e. The molecule has 1 aliphatic rings. The first-order valence-corrected chi connectivity index (χ1v) is 8.86. The molecule has 0 aliphatic carbocycles. The van der Waals surface area contributed by atoms with Crippen LogP contribution in [0.2, 0.25) is 0 Å². The second-order valence-corrected chi connectivity index (χ2v) is 7.14. The van der Waals surface area contributed by atoms with Gasteiger partial charge in [-0.25, -0.2) is 0 Å². The molecular formula is C21H24NNaO4. The van der Waals surface area contributed by atoms with Gasteiger partial charge in [-0.3, -0.25) is 0 Å². The molecule has 2 aromatic carbocycles. The average molecular weight is 377 g/mol. The largest absolute Gasteiger partial charge is 1.00 e. The van der Waals surface area contributed by atoms with Crippen molar-refractivity contribution < 1.29 is 48.9 Å². The van der Waals surface area contributed by atoms with Crippen LogP contribution in [0.25, 0.3) is 0 Å². The van der Waals surface area contributed by atoms with Crippen LogP contribution < -0.4 is 49.0 Å². The van der Waals surface area contributed by atoms with Crippen molar-refractivity contribution in [3.8, 4) is 11.5 Å². The van der Waals surface area contributed by atoms with Crippen LogP contribution in [0.5, 0.6) is 11.5 Å². The van der Waals surface area contributed by atoms with E-state index in [4.69, 9.17) is 9.47 Å². The van der Waals surface area contributed by atoms with Gasteiger partial charge in [-0.2, -0.15) is 0 Å². The second-order valence-electron chi connectivity index (χ2n) is 7.14. The Kier molecular flexibility index (Phi) is 7.59. The predicted molar refractivity (Wildman–Crippen MR) is 98.6 cm³/mol. The molecule has 1 heterocycles. The van der Waals surface area contributed by atoms with Crippen molar-refractivity contribution in [3.05, 3.63) is 54.1 Å².